The summed E-state index contributed by atoms with van der Waals surface area (Å²) in [4.78, 5) is 22.3. The molecule has 0 spiro atoms. The number of aromatic nitrogens is 3. The highest BCUT2D eigenvalue weighted by Gasteiger charge is 2.20. The fourth-order valence-corrected chi connectivity index (χ4v) is 3.88. The number of rotatable bonds is 5. The minimum absolute atomic E-state index is 0.137. The number of amides is 1. The number of aryl methyl sites for hydroxylation is 2. The number of carbonyl (C=O) groups is 1. The van der Waals surface area contributed by atoms with Gasteiger partial charge in [-0.1, -0.05) is 6.07 Å². The van der Waals surface area contributed by atoms with E-state index in [4.69, 9.17) is 0 Å². The first-order valence-corrected chi connectivity index (χ1v) is 10.2. The molecule has 0 unspecified atom stereocenters. The predicted molar refractivity (Wildman–Crippen MR) is 115 cm³/mol. The summed E-state index contributed by atoms with van der Waals surface area (Å²) >= 11 is 0. The lowest BCUT2D eigenvalue weighted by molar-refractivity contribution is 0.0942. The molecular weight excluding hydrogens is 383 g/mol. The Balaban J connectivity index is 1.57. The van der Waals surface area contributed by atoms with Crippen molar-refractivity contribution in [1.29, 1.82) is 0 Å². The van der Waals surface area contributed by atoms with Crippen LogP contribution in [0, 0.1) is 19.7 Å². The maximum absolute atomic E-state index is 13.7. The van der Waals surface area contributed by atoms with Gasteiger partial charge in [0.1, 0.15) is 5.82 Å². The van der Waals surface area contributed by atoms with Crippen molar-refractivity contribution in [2.24, 2.45) is 0 Å². The molecule has 1 fully saturated rings. The van der Waals surface area contributed by atoms with Crippen LogP contribution in [0.4, 0.5) is 4.39 Å². The summed E-state index contributed by atoms with van der Waals surface area (Å²) in [6, 6.07) is 7.99. The summed E-state index contributed by atoms with van der Waals surface area (Å²) in [7, 11) is 2.13. The maximum atomic E-state index is 13.7. The van der Waals surface area contributed by atoms with E-state index in [1.807, 2.05) is 13.8 Å². The van der Waals surface area contributed by atoms with Crippen molar-refractivity contribution in [2.45, 2.75) is 13.8 Å². The van der Waals surface area contributed by atoms with E-state index in [9.17, 15) is 9.18 Å². The molecule has 0 saturated carbocycles. The molecule has 1 saturated heterocycles. The summed E-state index contributed by atoms with van der Waals surface area (Å²) < 4.78 is 15.3. The van der Waals surface area contributed by atoms with E-state index in [-0.39, 0.29) is 11.7 Å². The average Bonchev–Trinajstić information content (AvgIpc) is 3.05. The highest BCUT2D eigenvalue weighted by molar-refractivity contribution is 6.06. The van der Waals surface area contributed by atoms with Gasteiger partial charge in [0.2, 0.25) is 0 Å². The van der Waals surface area contributed by atoms with E-state index in [0.717, 1.165) is 32.7 Å². The molecule has 1 aliphatic heterocycles. The molecule has 1 aliphatic rings. The molecule has 3 heterocycles. The van der Waals surface area contributed by atoms with Gasteiger partial charge in [0.25, 0.3) is 5.91 Å². The van der Waals surface area contributed by atoms with Gasteiger partial charge in [0, 0.05) is 45.0 Å². The van der Waals surface area contributed by atoms with Gasteiger partial charge >= 0.3 is 0 Å². The largest absolute Gasteiger partial charge is 0.351 e. The summed E-state index contributed by atoms with van der Waals surface area (Å²) in [6.07, 6.45) is 0. The lowest BCUT2D eigenvalue weighted by Gasteiger charge is -2.32. The highest BCUT2D eigenvalue weighted by atomic mass is 19.1. The predicted octanol–water partition coefficient (Wildman–Crippen LogP) is 2.15. The number of fused-ring (bicyclic) bond motifs is 1. The van der Waals surface area contributed by atoms with Gasteiger partial charge in [-0.25, -0.2) is 14.1 Å². The number of nitrogens with one attached hydrogen (secondary N) is 1. The minimum Gasteiger partial charge on any atom is -0.351 e. The zero-order chi connectivity index (χ0) is 21.3. The van der Waals surface area contributed by atoms with Crippen molar-refractivity contribution in [2.75, 3.05) is 46.3 Å². The van der Waals surface area contributed by atoms with Crippen molar-refractivity contribution in [3.8, 4) is 5.69 Å². The first kappa shape index (κ1) is 20.4. The molecule has 0 radical (unpaired) electrons. The van der Waals surface area contributed by atoms with Crippen molar-refractivity contribution in [3.63, 3.8) is 0 Å². The molecule has 0 atom stereocenters. The van der Waals surface area contributed by atoms with Gasteiger partial charge in [-0.05, 0) is 45.2 Å². The van der Waals surface area contributed by atoms with Crippen LogP contribution in [0.1, 0.15) is 21.7 Å². The SMILES string of the molecule is Cc1cc(C(=O)NCCN2CCN(C)CC2)c2c(C)nn(-c3cccc(F)c3)c2n1. The molecular formula is C22H27FN6O. The molecule has 4 rings (SSSR count). The number of nitrogens with zero attached hydrogens (tertiary/aromatic N) is 5. The quantitative estimate of drug-likeness (QED) is 0.698. The van der Waals surface area contributed by atoms with Gasteiger partial charge in [-0.3, -0.25) is 9.69 Å². The minimum atomic E-state index is -0.344. The molecule has 2 aromatic heterocycles. The number of pyridine rings is 1. The fourth-order valence-electron chi connectivity index (χ4n) is 3.88. The lowest BCUT2D eigenvalue weighted by Crippen LogP contribution is -2.46. The van der Waals surface area contributed by atoms with E-state index < -0.39 is 0 Å². The monoisotopic (exact) mass is 410 g/mol. The van der Waals surface area contributed by atoms with Crippen molar-refractivity contribution < 1.29 is 9.18 Å². The van der Waals surface area contributed by atoms with Crippen LogP contribution < -0.4 is 5.32 Å². The standard InChI is InChI=1S/C22H27FN6O/c1-15-13-19(22(30)24-7-8-28-11-9-27(3)10-12-28)20-16(2)26-29(21(20)25-15)18-6-4-5-17(23)14-18/h4-6,13-14H,7-12H2,1-3H3,(H,24,30). The second kappa shape index (κ2) is 8.49. The zero-order valence-corrected chi connectivity index (χ0v) is 17.7. The summed E-state index contributed by atoms with van der Waals surface area (Å²) in [5, 5.41) is 8.28. The fraction of sp³-hybridized carbons (Fsp3) is 0.409. The molecule has 1 amide bonds. The van der Waals surface area contributed by atoms with Gasteiger partial charge in [-0.2, -0.15) is 5.10 Å². The van der Waals surface area contributed by atoms with Crippen LogP contribution in [-0.4, -0.2) is 76.8 Å². The van der Waals surface area contributed by atoms with Gasteiger partial charge in [0.15, 0.2) is 5.65 Å². The maximum Gasteiger partial charge on any atom is 0.252 e. The first-order chi connectivity index (χ1) is 14.4. The highest BCUT2D eigenvalue weighted by Crippen LogP contribution is 2.25. The number of piperazine rings is 1. The number of likely N-dealkylation sites (N-methyl/N-ethyl adjacent to an activating group) is 1. The molecule has 0 aliphatic carbocycles. The second-order valence-corrected chi connectivity index (χ2v) is 7.89. The third kappa shape index (κ3) is 4.20. The van der Waals surface area contributed by atoms with Gasteiger partial charge in [-0.15, -0.1) is 0 Å². The summed E-state index contributed by atoms with van der Waals surface area (Å²) in [5.74, 6) is -0.482. The van der Waals surface area contributed by atoms with Crippen LogP contribution in [0.25, 0.3) is 16.7 Å². The Morgan fingerprint density at radius 2 is 1.93 bits per heavy atom. The normalized spacial score (nSPS) is 15.6. The number of carbonyl (C=O) groups excluding carboxylic acids is 1. The van der Waals surface area contributed by atoms with E-state index in [1.165, 1.54) is 12.1 Å². The molecule has 8 heteroatoms. The Morgan fingerprint density at radius 1 is 1.17 bits per heavy atom. The van der Waals surface area contributed by atoms with Crippen LogP contribution in [-0.2, 0) is 0 Å². The zero-order valence-electron chi connectivity index (χ0n) is 17.7. The summed E-state index contributed by atoms with van der Waals surface area (Å²) in [6.45, 7) is 9.24. The number of benzene rings is 1. The second-order valence-electron chi connectivity index (χ2n) is 7.89. The van der Waals surface area contributed by atoms with Crippen LogP contribution in [0.15, 0.2) is 30.3 Å². The average molecular weight is 410 g/mol. The van der Waals surface area contributed by atoms with E-state index in [0.29, 0.717) is 40.2 Å². The van der Waals surface area contributed by atoms with E-state index in [2.05, 4.69) is 32.2 Å². The lowest BCUT2D eigenvalue weighted by atomic mass is 10.1. The van der Waals surface area contributed by atoms with Crippen LogP contribution in [0.5, 0.6) is 0 Å². The molecule has 1 aromatic carbocycles. The smallest absolute Gasteiger partial charge is 0.252 e. The third-order valence-corrected chi connectivity index (χ3v) is 5.55. The van der Waals surface area contributed by atoms with Crippen molar-refractivity contribution >= 4 is 16.9 Å². The Kier molecular flexibility index (Phi) is 5.78. The third-order valence-electron chi connectivity index (χ3n) is 5.55. The summed E-state index contributed by atoms with van der Waals surface area (Å²) in [5.41, 5.74) is 3.08. The number of hydrogen-bond donors (Lipinski definition) is 1. The molecule has 3 aromatic rings. The molecule has 30 heavy (non-hydrogen) atoms. The van der Waals surface area contributed by atoms with Gasteiger partial charge in [0.05, 0.1) is 22.3 Å². The molecule has 158 valence electrons. The van der Waals surface area contributed by atoms with Crippen LogP contribution in [0.2, 0.25) is 0 Å². The molecule has 7 nitrogen and oxygen atoms in total. The van der Waals surface area contributed by atoms with E-state index >= 15 is 0 Å². The Morgan fingerprint density at radius 3 is 2.67 bits per heavy atom. The van der Waals surface area contributed by atoms with Crippen LogP contribution in [0.3, 0.4) is 0 Å². The Bertz CT molecular complexity index is 1070. The molecule has 1 N–H and O–H groups in total. The van der Waals surface area contributed by atoms with Gasteiger partial charge < -0.3 is 10.2 Å². The van der Waals surface area contributed by atoms with Crippen molar-refractivity contribution in [3.05, 3.63) is 53.1 Å². The number of halogens is 1. The Hall–Kier alpha value is -2.84. The molecule has 0 bridgehead atoms. The first-order valence-electron chi connectivity index (χ1n) is 10.2. The van der Waals surface area contributed by atoms with Crippen LogP contribution >= 0.6 is 0 Å². The topological polar surface area (TPSA) is 66.3 Å². The number of hydrogen-bond acceptors (Lipinski definition) is 5. The van der Waals surface area contributed by atoms with E-state index in [1.54, 1.807) is 22.9 Å². The Labute approximate surface area is 175 Å². The van der Waals surface area contributed by atoms with Crippen molar-refractivity contribution in [1.82, 2.24) is 29.9 Å².